The monoisotopic (exact) mass is 285 g/mol. The maximum Gasteiger partial charge on any atom is 0.338 e. The van der Waals surface area contributed by atoms with Crippen LogP contribution in [0.1, 0.15) is 35.3 Å². The summed E-state index contributed by atoms with van der Waals surface area (Å²) in [5.74, 6) is -0.219. The Labute approximate surface area is 122 Å². The molecule has 1 aromatic carbocycles. The molecule has 0 bridgehead atoms. The Morgan fingerprint density at radius 1 is 1.21 bits per heavy atom. The molecule has 0 aliphatic rings. The van der Waals surface area contributed by atoms with Gasteiger partial charge in [-0.3, -0.25) is 0 Å². The Bertz CT molecular complexity index is 403. The second kappa shape index (κ2) is 8.94. The van der Waals surface area contributed by atoms with Crippen molar-refractivity contribution in [1.82, 2.24) is 4.90 Å². The lowest BCUT2D eigenvalue weighted by molar-refractivity contribution is 0.0465. The number of esters is 1. The van der Waals surface area contributed by atoms with Crippen molar-refractivity contribution in [1.29, 1.82) is 0 Å². The van der Waals surface area contributed by atoms with Crippen LogP contribution in [-0.4, -0.2) is 37.1 Å². The summed E-state index contributed by atoms with van der Waals surface area (Å²) in [6.07, 6.45) is 0. The van der Waals surface area contributed by atoms with E-state index in [0.717, 1.165) is 30.8 Å². The zero-order valence-corrected chi connectivity index (χ0v) is 13.0. The van der Waals surface area contributed by atoms with Crippen LogP contribution < -0.4 is 0 Å². The molecule has 3 nitrogen and oxygen atoms in total. The molecule has 0 aliphatic carbocycles. The van der Waals surface area contributed by atoms with Crippen LogP contribution >= 0.6 is 12.4 Å². The molecule has 1 rings (SSSR count). The van der Waals surface area contributed by atoms with E-state index in [1.807, 2.05) is 32.0 Å². The number of ether oxygens (including phenoxy) is 1. The first-order chi connectivity index (χ1) is 8.58. The Hall–Kier alpha value is -1.06. The van der Waals surface area contributed by atoms with Crippen LogP contribution in [0.5, 0.6) is 0 Å². The number of hydrogen-bond donors (Lipinski definition) is 0. The molecule has 108 valence electrons. The van der Waals surface area contributed by atoms with Gasteiger partial charge in [0, 0.05) is 6.54 Å². The maximum atomic E-state index is 11.9. The first-order valence-corrected chi connectivity index (χ1v) is 6.55. The third-order valence-corrected chi connectivity index (χ3v) is 3.15. The van der Waals surface area contributed by atoms with E-state index < -0.39 is 0 Å². The number of likely N-dealkylation sites (N-methyl/N-ethyl adjacent to an activating group) is 1. The van der Waals surface area contributed by atoms with Gasteiger partial charge in [0.15, 0.2) is 0 Å². The van der Waals surface area contributed by atoms with Crippen molar-refractivity contribution in [2.24, 2.45) is 0 Å². The van der Waals surface area contributed by atoms with E-state index in [1.54, 1.807) is 0 Å². The molecule has 4 heteroatoms. The predicted octanol–water partition coefficient (Wildman–Crippen LogP) is 3.22. The lowest BCUT2D eigenvalue weighted by Crippen LogP contribution is -2.28. The van der Waals surface area contributed by atoms with Crippen molar-refractivity contribution < 1.29 is 9.53 Å². The van der Waals surface area contributed by atoms with E-state index in [9.17, 15) is 4.79 Å². The van der Waals surface area contributed by atoms with Gasteiger partial charge in [-0.05, 0) is 38.6 Å². The van der Waals surface area contributed by atoms with Crippen LogP contribution in [0.25, 0.3) is 0 Å². The molecule has 0 saturated heterocycles. The first-order valence-electron chi connectivity index (χ1n) is 6.55. The fourth-order valence-electron chi connectivity index (χ4n) is 1.84. The molecule has 0 fully saturated rings. The van der Waals surface area contributed by atoms with E-state index >= 15 is 0 Å². The minimum Gasteiger partial charge on any atom is -0.461 e. The molecule has 19 heavy (non-hydrogen) atoms. The van der Waals surface area contributed by atoms with Gasteiger partial charge in [0.25, 0.3) is 0 Å². The third-order valence-electron chi connectivity index (χ3n) is 3.15. The number of aryl methyl sites for hydroxylation is 2. The molecule has 0 N–H and O–H groups in total. The number of hydrogen-bond acceptors (Lipinski definition) is 3. The van der Waals surface area contributed by atoms with E-state index in [-0.39, 0.29) is 18.4 Å². The number of carbonyl (C=O) groups is 1. The number of halogens is 1. The Morgan fingerprint density at radius 3 is 2.42 bits per heavy atom. The van der Waals surface area contributed by atoms with Gasteiger partial charge in [-0.25, -0.2) is 4.79 Å². The molecule has 0 aliphatic heterocycles. The second-order valence-electron chi connectivity index (χ2n) is 4.48. The highest BCUT2D eigenvalue weighted by Crippen LogP contribution is 2.11. The number of nitrogens with zero attached hydrogens (tertiary/aromatic N) is 1. The topological polar surface area (TPSA) is 29.5 Å². The molecular weight excluding hydrogens is 262 g/mol. The normalized spacial score (nSPS) is 10.2. The first kappa shape index (κ1) is 17.9. The summed E-state index contributed by atoms with van der Waals surface area (Å²) in [6, 6.07) is 5.84. The van der Waals surface area contributed by atoms with Crippen molar-refractivity contribution in [3.8, 4) is 0 Å². The Balaban J connectivity index is 0.00000324. The van der Waals surface area contributed by atoms with E-state index in [4.69, 9.17) is 4.74 Å². The maximum absolute atomic E-state index is 11.9. The number of carbonyl (C=O) groups excluding carboxylic acids is 1. The Morgan fingerprint density at radius 2 is 1.84 bits per heavy atom. The van der Waals surface area contributed by atoms with Crippen LogP contribution in [0.3, 0.4) is 0 Å². The van der Waals surface area contributed by atoms with Gasteiger partial charge in [0.2, 0.25) is 0 Å². The molecule has 0 aromatic heterocycles. The van der Waals surface area contributed by atoms with Crippen LogP contribution in [0.2, 0.25) is 0 Å². The van der Waals surface area contributed by atoms with Crippen molar-refractivity contribution in [3.05, 3.63) is 34.9 Å². The SMILES string of the molecule is CCN(CC)CCOC(=O)c1cc(C)ccc1C.Cl. The average Bonchev–Trinajstić information content (AvgIpc) is 2.37. The Kier molecular flexibility index (Phi) is 8.44. The minimum absolute atomic E-state index is 0. The summed E-state index contributed by atoms with van der Waals surface area (Å²) in [7, 11) is 0. The smallest absolute Gasteiger partial charge is 0.338 e. The summed E-state index contributed by atoms with van der Waals surface area (Å²) in [6.45, 7) is 11.3. The molecule has 1 aromatic rings. The van der Waals surface area contributed by atoms with E-state index in [1.165, 1.54) is 0 Å². The fourth-order valence-corrected chi connectivity index (χ4v) is 1.84. The number of benzene rings is 1. The standard InChI is InChI=1S/C15H23NO2.ClH/c1-5-16(6-2)9-10-18-15(17)14-11-12(3)7-8-13(14)4;/h7-8,11H,5-6,9-10H2,1-4H3;1H. The van der Waals surface area contributed by atoms with Gasteiger partial charge in [0.1, 0.15) is 6.61 Å². The van der Waals surface area contributed by atoms with E-state index in [2.05, 4.69) is 18.7 Å². The molecule has 0 radical (unpaired) electrons. The van der Waals surface area contributed by atoms with Crippen molar-refractivity contribution in [2.75, 3.05) is 26.2 Å². The van der Waals surface area contributed by atoms with Crippen LogP contribution in [0.4, 0.5) is 0 Å². The van der Waals surface area contributed by atoms with Gasteiger partial charge in [-0.15, -0.1) is 12.4 Å². The van der Waals surface area contributed by atoms with Crippen LogP contribution in [-0.2, 0) is 4.74 Å². The van der Waals surface area contributed by atoms with Gasteiger partial charge in [-0.1, -0.05) is 31.5 Å². The lowest BCUT2D eigenvalue weighted by Gasteiger charge is -2.17. The second-order valence-corrected chi connectivity index (χ2v) is 4.48. The molecule has 0 spiro atoms. The zero-order valence-electron chi connectivity index (χ0n) is 12.2. The van der Waals surface area contributed by atoms with Gasteiger partial charge >= 0.3 is 5.97 Å². The summed E-state index contributed by atoms with van der Waals surface area (Å²) < 4.78 is 5.32. The highest BCUT2D eigenvalue weighted by molar-refractivity contribution is 5.91. The lowest BCUT2D eigenvalue weighted by atomic mass is 10.1. The van der Waals surface area contributed by atoms with Crippen molar-refractivity contribution in [3.63, 3.8) is 0 Å². The van der Waals surface area contributed by atoms with Gasteiger partial charge < -0.3 is 9.64 Å². The fraction of sp³-hybridized carbons (Fsp3) is 0.533. The van der Waals surface area contributed by atoms with Gasteiger partial charge in [0.05, 0.1) is 5.56 Å². The quantitative estimate of drug-likeness (QED) is 0.752. The van der Waals surface area contributed by atoms with Crippen molar-refractivity contribution >= 4 is 18.4 Å². The molecule has 0 unspecified atom stereocenters. The highest BCUT2D eigenvalue weighted by atomic mass is 35.5. The van der Waals surface area contributed by atoms with Crippen LogP contribution in [0.15, 0.2) is 18.2 Å². The summed E-state index contributed by atoms with van der Waals surface area (Å²) in [4.78, 5) is 14.2. The molecule has 0 heterocycles. The molecular formula is C15H24ClNO2. The summed E-state index contributed by atoms with van der Waals surface area (Å²) in [5.41, 5.74) is 2.72. The largest absolute Gasteiger partial charge is 0.461 e. The molecule has 0 atom stereocenters. The molecule has 0 saturated carbocycles. The minimum atomic E-state index is -0.219. The zero-order chi connectivity index (χ0) is 13.5. The predicted molar refractivity (Wildman–Crippen MR) is 81.2 cm³/mol. The average molecular weight is 286 g/mol. The third kappa shape index (κ3) is 5.62. The highest BCUT2D eigenvalue weighted by Gasteiger charge is 2.11. The molecule has 0 amide bonds. The van der Waals surface area contributed by atoms with Crippen LogP contribution in [0, 0.1) is 13.8 Å². The number of rotatable bonds is 6. The summed E-state index contributed by atoms with van der Waals surface area (Å²) >= 11 is 0. The van der Waals surface area contributed by atoms with E-state index in [0.29, 0.717) is 12.2 Å². The van der Waals surface area contributed by atoms with Crippen molar-refractivity contribution in [2.45, 2.75) is 27.7 Å². The summed E-state index contributed by atoms with van der Waals surface area (Å²) in [5, 5.41) is 0. The van der Waals surface area contributed by atoms with Gasteiger partial charge in [-0.2, -0.15) is 0 Å².